The summed E-state index contributed by atoms with van der Waals surface area (Å²) in [5, 5.41) is 24.6. The van der Waals surface area contributed by atoms with E-state index in [1.54, 1.807) is 12.1 Å². The minimum absolute atomic E-state index is 0.0192. The van der Waals surface area contributed by atoms with Gasteiger partial charge in [0.05, 0.1) is 6.04 Å². The van der Waals surface area contributed by atoms with E-state index in [9.17, 15) is 34.2 Å². The molecule has 15 nitrogen and oxygen atoms in total. The smallest absolute Gasteiger partial charge is 0.326 e. The number of hydrogen-bond donors (Lipinski definition) is 7. The lowest BCUT2D eigenvalue weighted by atomic mass is 10.0. The molecule has 0 aliphatic carbocycles. The predicted molar refractivity (Wildman–Crippen MR) is 170 cm³/mol. The Morgan fingerprint density at radius 3 is 1.98 bits per heavy atom. The van der Waals surface area contributed by atoms with Crippen LogP contribution in [0.2, 0.25) is 0 Å². The fraction of sp³-hybridized carbons (Fsp3) is 0.613. The number of nitrogens with zero attached hydrogens (tertiary/aromatic N) is 3. The van der Waals surface area contributed by atoms with Gasteiger partial charge in [0.1, 0.15) is 29.9 Å². The number of nitrogens with two attached hydrogens (primary N) is 3. The first-order valence-electron chi connectivity index (χ1n) is 15.8. The summed E-state index contributed by atoms with van der Waals surface area (Å²) in [6, 6.07) is 1.69. The number of carboxylic acid groups (broad SMARTS) is 1. The number of amides is 4. The molecule has 2 saturated heterocycles. The largest absolute Gasteiger partial charge is 0.508 e. The van der Waals surface area contributed by atoms with Crippen LogP contribution in [0.5, 0.6) is 5.75 Å². The first kappa shape index (κ1) is 36.1. The van der Waals surface area contributed by atoms with Gasteiger partial charge in [0.25, 0.3) is 0 Å². The molecule has 1 aromatic carbocycles. The molecule has 10 N–H and O–H groups in total. The summed E-state index contributed by atoms with van der Waals surface area (Å²) < 4.78 is 0. The molecule has 0 radical (unpaired) electrons. The van der Waals surface area contributed by atoms with E-state index < -0.39 is 53.9 Å². The lowest BCUT2D eigenvalue weighted by Gasteiger charge is -2.32. The van der Waals surface area contributed by atoms with E-state index in [-0.39, 0.29) is 49.5 Å². The summed E-state index contributed by atoms with van der Waals surface area (Å²) in [6.45, 7) is 4.67. The summed E-state index contributed by atoms with van der Waals surface area (Å²) >= 11 is 0. The number of hydrogen-bond acceptors (Lipinski definition) is 8. The highest BCUT2D eigenvalue weighted by Crippen LogP contribution is 2.23. The SMILES string of the molecule is CC(C)C[C@H](NC(=O)[C@@H]1CCCN1C(=O)[C@@H](N)Cc1ccc(O)cc1)C(=O)N1CCC[C@H]1C(=O)N[C@@H](CCCN=C(N)N)C(=O)O. The Labute approximate surface area is 268 Å². The Kier molecular flexibility index (Phi) is 13.2. The van der Waals surface area contributed by atoms with Crippen molar-refractivity contribution in [3.05, 3.63) is 29.8 Å². The topological polar surface area (TPSA) is 247 Å². The van der Waals surface area contributed by atoms with Crippen LogP contribution in [0.25, 0.3) is 0 Å². The molecule has 1 aromatic rings. The highest BCUT2D eigenvalue weighted by molar-refractivity contribution is 5.96. The number of guanidine groups is 1. The molecule has 5 atom stereocenters. The molecule has 0 bridgehead atoms. The molecule has 0 saturated carbocycles. The van der Waals surface area contributed by atoms with Crippen molar-refractivity contribution in [2.75, 3.05) is 19.6 Å². The zero-order chi connectivity index (χ0) is 34.0. The van der Waals surface area contributed by atoms with Gasteiger partial charge in [0, 0.05) is 19.6 Å². The number of rotatable bonds is 15. The van der Waals surface area contributed by atoms with Gasteiger partial charge < -0.3 is 47.8 Å². The van der Waals surface area contributed by atoms with Gasteiger partial charge in [-0.1, -0.05) is 26.0 Å². The Morgan fingerprint density at radius 2 is 1.46 bits per heavy atom. The van der Waals surface area contributed by atoms with E-state index in [1.165, 1.54) is 21.9 Å². The van der Waals surface area contributed by atoms with Crippen LogP contribution in [0.1, 0.15) is 64.4 Å². The third kappa shape index (κ3) is 10.1. The zero-order valence-electron chi connectivity index (χ0n) is 26.6. The minimum atomic E-state index is -1.21. The van der Waals surface area contributed by atoms with Gasteiger partial charge in [0.2, 0.25) is 23.6 Å². The van der Waals surface area contributed by atoms with Crippen LogP contribution in [-0.2, 0) is 30.4 Å². The molecule has 3 rings (SSSR count). The standard InChI is InChI=1S/C31H48N8O7/c1-18(2)16-23(29(44)39-15-5-8-25(39)26(41)36-22(30(45)46)6-3-13-35-31(33)34)37-27(42)24-7-4-14-38(24)28(43)21(32)17-19-9-11-20(40)12-10-19/h9-12,18,21-25,40H,3-8,13-17,32H2,1-2H3,(H,36,41)(H,37,42)(H,45,46)(H4,33,34,35)/t21-,22-,23-,24-,25-/m0/s1. The second-order valence-electron chi connectivity index (χ2n) is 12.4. The number of likely N-dealkylation sites (tertiary alicyclic amines) is 2. The molecule has 0 spiro atoms. The quantitative estimate of drug-likeness (QED) is 0.0725. The summed E-state index contributed by atoms with van der Waals surface area (Å²) in [6.07, 6.45) is 2.87. The number of carbonyl (C=O) groups is 5. The molecule has 0 unspecified atom stereocenters. The maximum absolute atomic E-state index is 13.8. The van der Waals surface area contributed by atoms with Crippen molar-refractivity contribution in [2.24, 2.45) is 28.1 Å². The number of phenolic OH excluding ortho intramolecular Hbond substituents is 1. The second kappa shape index (κ2) is 16.8. The molecular formula is C31H48N8O7. The van der Waals surface area contributed by atoms with Gasteiger partial charge in [-0.05, 0) is 75.0 Å². The van der Waals surface area contributed by atoms with Crippen LogP contribution in [-0.4, -0.2) is 105 Å². The fourth-order valence-electron chi connectivity index (χ4n) is 5.98. The number of aromatic hydroxyl groups is 1. The van der Waals surface area contributed by atoms with Crippen molar-refractivity contribution < 1.29 is 34.2 Å². The summed E-state index contributed by atoms with van der Waals surface area (Å²) in [5.41, 5.74) is 17.6. The number of benzene rings is 1. The molecular weight excluding hydrogens is 596 g/mol. The van der Waals surface area contributed by atoms with Crippen LogP contribution in [0.4, 0.5) is 0 Å². The lowest BCUT2D eigenvalue weighted by molar-refractivity contribution is -0.145. The zero-order valence-corrected chi connectivity index (χ0v) is 26.6. The normalized spacial score (nSPS) is 19.7. The fourth-order valence-corrected chi connectivity index (χ4v) is 5.98. The Hall–Kier alpha value is -4.40. The van der Waals surface area contributed by atoms with Gasteiger partial charge >= 0.3 is 5.97 Å². The van der Waals surface area contributed by atoms with Crippen molar-refractivity contribution in [3.8, 4) is 5.75 Å². The van der Waals surface area contributed by atoms with Gasteiger partial charge in [-0.2, -0.15) is 0 Å². The van der Waals surface area contributed by atoms with Gasteiger partial charge in [-0.15, -0.1) is 0 Å². The van der Waals surface area contributed by atoms with Gasteiger partial charge in [-0.25, -0.2) is 4.79 Å². The second-order valence-corrected chi connectivity index (χ2v) is 12.4. The summed E-state index contributed by atoms with van der Waals surface area (Å²) in [4.78, 5) is 72.5. The average Bonchev–Trinajstić information content (AvgIpc) is 3.69. The van der Waals surface area contributed by atoms with E-state index in [1.807, 2.05) is 13.8 Å². The predicted octanol–water partition coefficient (Wildman–Crippen LogP) is -0.602. The monoisotopic (exact) mass is 644 g/mol. The van der Waals surface area contributed by atoms with E-state index in [4.69, 9.17) is 17.2 Å². The molecule has 4 amide bonds. The molecule has 2 aliphatic heterocycles. The van der Waals surface area contributed by atoms with Crippen LogP contribution in [0.15, 0.2) is 29.3 Å². The van der Waals surface area contributed by atoms with E-state index >= 15 is 0 Å². The number of carboxylic acids is 1. The van der Waals surface area contributed by atoms with Crippen molar-refractivity contribution in [1.29, 1.82) is 0 Å². The van der Waals surface area contributed by atoms with Crippen LogP contribution < -0.4 is 27.8 Å². The first-order valence-corrected chi connectivity index (χ1v) is 15.8. The Bertz CT molecular complexity index is 1270. The maximum atomic E-state index is 13.8. The molecule has 46 heavy (non-hydrogen) atoms. The van der Waals surface area contributed by atoms with Gasteiger partial charge in [0.15, 0.2) is 5.96 Å². The van der Waals surface area contributed by atoms with Crippen LogP contribution in [0, 0.1) is 5.92 Å². The maximum Gasteiger partial charge on any atom is 0.326 e. The number of phenols is 1. The lowest BCUT2D eigenvalue weighted by Crippen LogP contribution is -2.58. The minimum Gasteiger partial charge on any atom is -0.508 e. The van der Waals surface area contributed by atoms with Crippen molar-refractivity contribution >= 4 is 35.6 Å². The van der Waals surface area contributed by atoms with Crippen LogP contribution >= 0.6 is 0 Å². The molecule has 0 aromatic heterocycles. The van der Waals surface area contributed by atoms with E-state index in [0.29, 0.717) is 45.1 Å². The molecule has 2 fully saturated rings. The highest BCUT2D eigenvalue weighted by atomic mass is 16.4. The van der Waals surface area contributed by atoms with Crippen molar-refractivity contribution in [3.63, 3.8) is 0 Å². The van der Waals surface area contributed by atoms with Crippen LogP contribution in [0.3, 0.4) is 0 Å². The number of nitrogens with one attached hydrogen (secondary N) is 2. The van der Waals surface area contributed by atoms with Gasteiger partial charge in [-0.3, -0.25) is 24.2 Å². The Morgan fingerprint density at radius 1 is 0.913 bits per heavy atom. The summed E-state index contributed by atoms with van der Waals surface area (Å²) in [5.74, 6) is -3.05. The van der Waals surface area contributed by atoms with Crippen molar-refractivity contribution in [2.45, 2.75) is 95.4 Å². The molecule has 2 aliphatic rings. The number of carbonyl (C=O) groups excluding carboxylic acids is 4. The average molecular weight is 645 g/mol. The number of aliphatic imine (C=N–C) groups is 1. The Balaban J connectivity index is 1.66. The molecule has 2 heterocycles. The number of aliphatic carboxylic acids is 1. The summed E-state index contributed by atoms with van der Waals surface area (Å²) in [7, 11) is 0. The molecule has 15 heteroatoms. The first-order chi connectivity index (χ1) is 21.8. The van der Waals surface area contributed by atoms with E-state index in [2.05, 4.69) is 15.6 Å². The molecule has 254 valence electrons. The van der Waals surface area contributed by atoms with Crippen molar-refractivity contribution in [1.82, 2.24) is 20.4 Å². The third-order valence-electron chi connectivity index (χ3n) is 8.27. The van der Waals surface area contributed by atoms with E-state index in [0.717, 1.165) is 5.56 Å². The third-order valence-corrected chi connectivity index (χ3v) is 8.27. The highest BCUT2D eigenvalue weighted by Gasteiger charge is 2.41.